The van der Waals surface area contributed by atoms with Crippen molar-refractivity contribution in [3.05, 3.63) is 22.1 Å². The Kier molecular flexibility index (Phi) is 4.95. The summed E-state index contributed by atoms with van der Waals surface area (Å²) in [6.07, 6.45) is 3.04. The van der Waals surface area contributed by atoms with Crippen molar-refractivity contribution in [2.45, 2.75) is 12.5 Å². The van der Waals surface area contributed by atoms with E-state index in [4.69, 9.17) is 9.47 Å². The van der Waals surface area contributed by atoms with Gasteiger partial charge in [0.2, 0.25) is 0 Å². The minimum absolute atomic E-state index is 0. The van der Waals surface area contributed by atoms with Gasteiger partial charge in [0.25, 0.3) is 0 Å². The van der Waals surface area contributed by atoms with E-state index in [1.54, 1.807) is 0 Å². The molecule has 1 aliphatic carbocycles. The van der Waals surface area contributed by atoms with Crippen molar-refractivity contribution in [2.24, 2.45) is 0 Å². The molecule has 18 heavy (non-hydrogen) atoms. The molecule has 0 bridgehead atoms. The van der Waals surface area contributed by atoms with Crippen LogP contribution in [0.5, 0.6) is 0 Å². The van der Waals surface area contributed by atoms with E-state index in [2.05, 4.69) is 26.1 Å². The van der Waals surface area contributed by atoms with Gasteiger partial charge in [0.05, 0.1) is 6.04 Å². The molecule has 6 heteroatoms. The van der Waals surface area contributed by atoms with Gasteiger partial charge in [-0.2, -0.15) is 0 Å². The van der Waals surface area contributed by atoms with Gasteiger partial charge in [0, 0.05) is 37.1 Å². The predicted octanol–water partition coefficient (Wildman–Crippen LogP) is 1.62. The summed E-state index contributed by atoms with van der Waals surface area (Å²) in [5.41, 5.74) is 0. The van der Waals surface area contributed by atoms with Crippen LogP contribution in [0.2, 0.25) is 0 Å². The van der Waals surface area contributed by atoms with Gasteiger partial charge < -0.3 is 14.8 Å². The Bertz CT molecular complexity index is 367. The molecule has 1 atom stereocenters. The average Bonchev–Trinajstić information content (AvgIpc) is 2.39. The highest BCUT2D eigenvalue weighted by Gasteiger charge is 2.33. The molecule has 0 saturated carbocycles. The van der Waals surface area contributed by atoms with Crippen LogP contribution in [0, 0.1) is 0 Å². The van der Waals surface area contributed by atoms with Gasteiger partial charge in [-0.25, -0.2) is 0 Å². The maximum absolute atomic E-state index is 5.82. The van der Waals surface area contributed by atoms with Crippen molar-refractivity contribution in [1.29, 1.82) is 0 Å². The second kappa shape index (κ2) is 6.28. The first-order chi connectivity index (χ1) is 8.34. The molecular weight excluding hydrogens is 320 g/mol. The normalized spacial score (nSPS) is 28.5. The molecule has 0 amide bonds. The molecule has 1 saturated heterocycles. The second-order valence-electron chi connectivity index (χ2n) is 4.52. The van der Waals surface area contributed by atoms with Gasteiger partial charge in [-0.15, -0.1) is 12.4 Å². The maximum Gasteiger partial charge on any atom is 0.159 e. The lowest BCUT2D eigenvalue weighted by Gasteiger charge is -2.39. The third kappa shape index (κ3) is 2.85. The highest BCUT2D eigenvalue weighted by Crippen LogP contribution is 2.33. The van der Waals surface area contributed by atoms with E-state index < -0.39 is 0 Å². The summed E-state index contributed by atoms with van der Waals surface area (Å²) >= 11 is 3.61. The fourth-order valence-electron chi connectivity index (χ4n) is 2.59. The summed E-state index contributed by atoms with van der Waals surface area (Å²) in [6.45, 7) is 5.59. The minimum Gasteiger partial charge on any atom is -0.489 e. The van der Waals surface area contributed by atoms with E-state index >= 15 is 0 Å². The van der Waals surface area contributed by atoms with Crippen molar-refractivity contribution in [3.8, 4) is 0 Å². The number of allylic oxidation sites excluding steroid dienone is 1. The topological polar surface area (TPSA) is 33.7 Å². The Hall–Kier alpha value is -0.230. The zero-order chi connectivity index (χ0) is 11.7. The molecule has 2 aliphatic heterocycles. The standard InChI is InChI=1S/C12H17BrN2O2.ClH/c13-9-7-10(15-3-1-14-2-4-15)12-11(8-9)16-5-6-17-12;/h8,10,14H,1-7H2;1H. The van der Waals surface area contributed by atoms with Crippen LogP contribution >= 0.6 is 28.3 Å². The van der Waals surface area contributed by atoms with Gasteiger partial charge in [0.15, 0.2) is 11.5 Å². The Morgan fingerprint density at radius 1 is 1.22 bits per heavy atom. The third-order valence-electron chi connectivity index (χ3n) is 3.41. The largest absolute Gasteiger partial charge is 0.489 e. The molecule has 3 rings (SSSR count). The smallest absolute Gasteiger partial charge is 0.159 e. The summed E-state index contributed by atoms with van der Waals surface area (Å²) in [5, 5.41) is 3.38. The first-order valence-corrected chi connectivity index (χ1v) is 6.94. The summed E-state index contributed by atoms with van der Waals surface area (Å²) in [5.74, 6) is 1.94. The van der Waals surface area contributed by atoms with Crippen molar-refractivity contribution >= 4 is 28.3 Å². The number of halogens is 2. The number of piperazine rings is 1. The first kappa shape index (κ1) is 14.2. The van der Waals surface area contributed by atoms with Crippen LogP contribution in [0.1, 0.15) is 6.42 Å². The Morgan fingerprint density at radius 3 is 2.72 bits per heavy atom. The van der Waals surface area contributed by atoms with Gasteiger partial charge in [0.1, 0.15) is 13.2 Å². The minimum atomic E-state index is 0. The van der Waals surface area contributed by atoms with Crippen LogP contribution in [-0.2, 0) is 9.47 Å². The van der Waals surface area contributed by atoms with Crippen molar-refractivity contribution < 1.29 is 9.47 Å². The van der Waals surface area contributed by atoms with Crippen LogP contribution in [-0.4, -0.2) is 50.3 Å². The zero-order valence-corrected chi connectivity index (χ0v) is 12.6. The van der Waals surface area contributed by atoms with Crippen LogP contribution in [0.15, 0.2) is 22.1 Å². The summed E-state index contributed by atoms with van der Waals surface area (Å²) < 4.78 is 12.7. The molecular formula is C12H18BrClN2O2. The highest BCUT2D eigenvalue weighted by molar-refractivity contribution is 9.11. The number of nitrogens with one attached hydrogen (secondary N) is 1. The summed E-state index contributed by atoms with van der Waals surface area (Å²) in [6, 6.07) is 0.340. The lowest BCUT2D eigenvalue weighted by molar-refractivity contribution is 0.0312. The van der Waals surface area contributed by atoms with Crippen molar-refractivity contribution in [3.63, 3.8) is 0 Å². The van der Waals surface area contributed by atoms with E-state index in [-0.39, 0.29) is 12.4 Å². The summed E-state index contributed by atoms with van der Waals surface area (Å²) in [4.78, 5) is 2.48. The van der Waals surface area contributed by atoms with E-state index in [1.165, 1.54) is 4.48 Å². The lowest BCUT2D eigenvalue weighted by atomic mass is 10.0. The molecule has 0 aromatic heterocycles. The highest BCUT2D eigenvalue weighted by atomic mass is 79.9. The fourth-order valence-corrected chi connectivity index (χ4v) is 3.10. The van der Waals surface area contributed by atoms with E-state index in [0.717, 1.165) is 44.1 Å². The Labute approximate surface area is 122 Å². The predicted molar refractivity (Wildman–Crippen MR) is 76.0 cm³/mol. The van der Waals surface area contributed by atoms with Crippen molar-refractivity contribution in [2.75, 3.05) is 39.4 Å². The van der Waals surface area contributed by atoms with Crippen LogP contribution in [0.3, 0.4) is 0 Å². The van der Waals surface area contributed by atoms with E-state index in [9.17, 15) is 0 Å². The quantitative estimate of drug-likeness (QED) is 0.788. The second-order valence-corrected chi connectivity index (χ2v) is 5.54. The number of ether oxygens (including phenoxy) is 2. The molecule has 2 heterocycles. The van der Waals surface area contributed by atoms with E-state index in [1.807, 2.05) is 6.08 Å². The number of nitrogens with zero attached hydrogens (tertiary/aromatic N) is 1. The molecule has 0 spiro atoms. The molecule has 0 aromatic carbocycles. The Balaban J connectivity index is 0.00000120. The van der Waals surface area contributed by atoms with Gasteiger partial charge in [-0.05, 0) is 6.08 Å². The third-order valence-corrected chi connectivity index (χ3v) is 3.97. The molecule has 102 valence electrons. The van der Waals surface area contributed by atoms with E-state index in [0.29, 0.717) is 19.3 Å². The molecule has 1 N–H and O–H groups in total. The van der Waals surface area contributed by atoms with Crippen LogP contribution in [0.4, 0.5) is 0 Å². The molecule has 0 aromatic rings. The molecule has 3 aliphatic rings. The van der Waals surface area contributed by atoms with Gasteiger partial charge in [-0.3, -0.25) is 4.90 Å². The SMILES string of the molecule is BrC1=CC2=C(OCCO2)C(N2CCNCC2)C1.Cl. The Morgan fingerprint density at radius 2 is 1.94 bits per heavy atom. The summed E-state index contributed by atoms with van der Waals surface area (Å²) in [7, 11) is 0. The lowest BCUT2D eigenvalue weighted by Crippen LogP contribution is -2.50. The monoisotopic (exact) mass is 336 g/mol. The van der Waals surface area contributed by atoms with Gasteiger partial charge in [-0.1, -0.05) is 15.9 Å². The zero-order valence-electron chi connectivity index (χ0n) is 10.2. The van der Waals surface area contributed by atoms with Gasteiger partial charge >= 0.3 is 0 Å². The van der Waals surface area contributed by atoms with Crippen LogP contribution < -0.4 is 5.32 Å². The van der Waals surface area contributed by atoms with Crippen LogP contribution in [0.25, 0.3) is 0 Å². The molecule has 1 fully saturated rings. The molecule has 4 nitrogen and oxygen atoms in total. The average molecular weight is 338 g/mol. The molecule has 0 radical (unpaired) electrons. The molecule has 1 unspecified atom stereocenters. The maximum atomic E-state index is 5.82. The van der Waals surface area contributed by atoms with Crippen molar-refractivity contribution in [1.82, 2.24) is 10.2 Å². The first-order valence-electron chi connectivity index (χ1n) is 6.15. The number of hydrogen-bond donors (Lipinski definition) is 1. The number of hydrogen-bond acceptors (Lipinski definition) is 4. The fraction of sp³-hybridized carbons (Fsp3) is 0.667. The number of rotatable bonds is 1.